The topological polar surface area (TPSA) is 49.4 Å². The second kappa shape index (κ2) is 13.6. The predicted octanol–water partition coefficient (Wildman–Crippen LogP) is 7.10. The van der Waals surface area contributed by atoms with E-state index in [4.69, 9.17) is 23.2 Å². The lowest BCUT2D eigenvalue weighted by atomic mass is 9.95. The standard InChI is InChI=1S/C28H36Cl2N2O2S/c1-4-26(28(34)31-23-8-6-5-7-9-23)32(16-21-10-11-24(29)25(30)15-21)27(33)18-35-17-22-13-19(2)12-20(3)14-22/h10-15,23,26H,4-9,16-18H2,1-3H3,(H,31,34). The van der Waals surface area contributed by atoms with Crippen molar-refractivity contribution < 1.29 is 9.59 Å². The van der Waals surface area contributed by atoms with Crippen LogP contribution in [0, 0.1) is 13.8 Å². The molecule has 0 saturated heterocycles. The summed E-state index contributed by atoms with van der Waals surface area (Å²) in [6, 6.07) is 11.5. The molecule has 190 valence electrons. The van der Waals surface area contributed by atoms with Crippen molar-refractivity contribution in [3.05, 3.63) is 68.7 Å². The van der Waals surface area contributed by atoms with Crippen LogP contribution in [0.15, 0.2) is 36.4 Å². The average molecular weight is 536 g/mol. The Kier molecular flexibility index (Phi) is 10.8. The first-order valence-corrected chi connectivity index (χ1v) is 14.4. The van der Waals surface area contributed by atoms with Crippen molar-refractivity contribution in [3.63, 3.8) is 0 Å². The molecule has 0 aliphatic heterocycles. The minimum Gasteiger partial charge on any atom is -0.352 e. The Balaban J connectivity index is 1.73. The van der Waals surface area contributed by atoms with Crippen LogP contribution in [0.4, 0.5) is 0 Å². The predicted molar refractivity (Wildman–Crippen MR) is 148 cm³/mol. The van der Waals surface area contributed by atoms with E-state index in [1.165, 1.54) is 23.1 Å². The second-order valence-electron chi connectivity index (χ2n) is 9.53. The van der Waals surface area contributed by atoms with Gasteiger partial charge in [0.15, 0.2) is 0 Å². The number of halogens is 2. The van der Waals surface area contributed by atoms with Gasteiger partial charge in [0, 0.05) is 18.3 Å². The van der Waals surface area contributed by atoms with E-state index >= 15 is 0 Å². The van der Waals surface area contributed by atoms with Gasteiger partial charge in [0.25, 0.3) is 0 Å². The monoisotopic (exact) mass is 534 g/mol. The van der Waals surface area contributed by atoms with Gasteiger partial charge >= 0.3 is 0 Å². The molecule has 3 rings (SSSR count). The molecule has 2 amide bonds. The number of carbonyl (C=O) groups is 2. The maximum Gasteiger partial charge on any atom is 0.243 e. The average Bonchev–Trinajstić information content (AvgIpc) is 2.81. The molecular formula is C28H36Cl2N2O2S. The van der Waals surface area contributed by atoms with Crippen molar-refractivity contribution in [2.75, 3.05) is 5.75 Å². The highest BCUT2D eigenvalue weighted by Gasteiger charge is 2.30. The van der Waals surface area contributed by atoms with Crippen molar-refractivity contribution >= 4 is 46.8 Å². The third-order valence-electron chi connectivity index (χ3n) is 6.45. The van der Waals surface area contributed by atoms with Crippen molar-refractivity contribution in [2.45, 2.75) is 83.7 Å². The maximum absolute atomic E-state index is 13.5. The van der Waals surface area contributed by atoms with E-state index in [9.17, 15) is 9.59 Å². The molecule has 35 heavy (non-hydrogen) atoms. The molecule has 0 spiro atoms. The number of aryl methyl sites for hydroxylation is 2. The summed E-state index contributed by atoms with van der Waals surface area (Å²) in [5, 5.41) is 4.14. The van der Waals surface area contributed by atoms with Crippen LogP contribution in [0.3, 0.4) is 0 Å². The Bertz CT molecular complexity index is 1000. The van der Waals surface area contributed by atoms with E-state index in [1.807, 2.05) is 13.0 Å². The summed E-state index contributed by atoms with van der Waals surface area (Å²) in [6.07, 6.45) is 6.07. The molecule has 0 aromatic heterocycles. The molecule has 0 heterocycles. The number of nitrogens with one attached hydrogen (secondary N) is 1. The van der Waals surface area contributed by atoms with Crippen LogP contribution in [0.2, 0.25) is 10.0 Å². The van der Waals surface area contributed by atoms with E-state index in [-0.39, 0.29) is 17.9 Å². The van der Waals surface area contributed by atoms with E-state index in [2.05, 4.69) is 37.4 Å². The number of rotatable bonds is 10. The summed E-state index contributed by atoms with van der Waals surface area (Å²) in [5.74, 6) is 0.949. The van der Waals surface area contributed by atoms with Gasteiger partial charge in [-0.1, -0.05) is 84.8 Å². The fraction of sp³-hybridized carbons (Fsp3) is 0.500. The van der Waals surface area contributed by atoms with Crippen molar-refractivity contribution in [1.29, 1.82) is 0 Å². The Morgan fingerprint density at radius 2 is 1.69 bits per heavy atom. The van der Waals surface area contributed by atoms with Crippen molar-refractivity contribution in [3.8, 4) is 0 Å². The van der Waals surface area contributed by atoms with Gasteiger partial charge in [0.2, 0.25) is 11.8 Å². The summed E-state index contributed by atoms with van der Waals surface area (Å²) < 4.78 is 0. The third kappa shape index (κ3) is 8.44. The first-order chi connectivity index (χ1) is 16.8. The number of benzene rings is 2. The van der Waals surface area contributed by atoms with Crippen LogP contribution < -0.4 is 5.32 Å². The van der Waals surface area contributed by atoms with Gasteiger partial charge in [-0.05, 0) is 56.4 Å². The highest BCUT2D eigenvalue weighted by molar-refractivity contribution is 7.99. The molecule has 1 N–H and O–H groups in total. The molecule has 0 radical (unpaired) electrons. The molecule has 0 bridgehead atoms. The van der Waals surface area contributed by atoms with Crippen LogP contribution in [-0.2, 0) is 21.9 Å². The number of carbonyl (C=O) groups excluding carboxylic acids is 2. The number of thioether (sulfide) groups is 1. The normalized spacial score (nSPS) is 15.0. The van der Waals surface area contributed by atoms with Gasteiger partial charge in [0.1, 0.15) is 6.04 Å². The maximum atomic E-state index is 13.5. The third-order valence-corrected chi connectivity index (χ3v) is 8.18. The smallest absolute Gasteiger partial charge is 0.243 e. The molecule has 7 heteroatoms. The summed E-state index contributed by atoms with van der Waals surface area (Å²) in [6.45, 7) is 6.45. The van der Waals surface area contributed by atoms with E-state index in [1.54, 1.807) is 28.8 Å². The van der Waals surface area contributed by atoms with Gasteiger partial charge in [0.05, 0.1) is 15.8 Å². The Morgan fingerprint density at radius 3 is 2.31 bits per heavy atom. The quantitative estimate of drug-likeness (QED) is 0.353. The molecule has 1 aliphatic carbocycles. The summed E-state index contributed by atoms with van der Waals surface area (Å²) in [7, 11) is 0. The number of hydrogen-bond donors (Lipinski definition) is 1. The largest absolute Gasteiger partial charge is 0.352 e. The first-order valence-electron chi connectivity index (χ1n) is 12.5. The lowest BCUT2D eigenvalue weighted by molar-refractivity contribution is -0.139. The minimum atomic E-state index is -0.527. The van der Waals surface area contributed by atoms with Gasteiger partial charge < -0.3 is 10.2 Å². The molecule has 1 saturated carbocycles. The summed E-state index contributed by atoms with van der Waals surface area (Å²) in [5.41, 5.74) is 4.51. The summed E-state index contributed by atoms with van der Waals surface area (Å²) in [4.78, 5) is 28.5. The van der Waals surface area contributed by atoms with Crippen LogP contribution >= 0.6 is 35.0 Å². The lowest BCUT2D eigenvalue weighted by Crippen LogP contribution is -2.52. The molecule has 1 unspecified atom stereocenters. The second-order valence-corrected chi connectivity index (χ2v) is 11.3. The Labute approximate surface area is 224 Å². The van der Waals surface area contributed by atoms with E-state index in [0.717, 1.165) is 37.0 Å². The van der Waals surface area contributed by atoms with Gasteiger partial charge in [-0.2, -0.15) is 0 Å². The highest BCUT2D eigenvalue weighted by atomic mass is 35.5. The van der Waals surface area contributed by atoms with Crippen molar-refractivity contribution in [2.24, 2.45) is 0 Å². The zero-order chi connectivity index (χ0) is 25.4. The van der Waals surface area contributed by atoms with Crippen LogP contribution in [-0.4, -0.2) is 34.6 Å². The molecule has 2 aromatic rings. The Morgan fingerprint density at radius 1 is 1.00 bits per heavy atom. The number of amides is 2. The lowest BCUT2D eigenvalue weighted by Gasteiger charge is -2.33. The molecule has 4 nitrogen and oxygen atoms in total. The van der Waals surface area contributed by atoms with Gasteiger partial charge in [-0.25, -0.2) is 0 Å². The molecule has 1 atom stereocenters. The van der Waals surface area contributed by atoms with E-state index < -0.39 is 6.04 Å². The minimum absolute atomic E-state index is 0.0453. The number of hydrogen-bond acceptors (Lipinski definition) is 3. The molecular weight excluding hydrogens is 499 g/mol. The fourth-order valence-corrected chi connectivity index (χ4v) is 5.96. The van der Waals surface area contributed by atoms with Gasteiger partial charge in [-0.15, -0.1) is 11.8 Å². The molecule has 1 aliphatic rings. The van der Waals surface area contributed by atoms with Crippen LogP contribution in [0.5, 0.6) is 0 Å². The SMILES string of the molecule is CCC(C(=O)NC1CCCCC1)N(Cc1ccc(Cl)c(Cl)c1)C(=O)CSCc1cc(C)cc(C)c1. The highest BCUT2D eigenvalue weighted by Crippen LogP contribution is 2.25. The number of nitrogens with zero attached hydrogens (tertiary/aromatic N) is 1. The zero-order valence-electron chi connectivity index (χ0n) is 20.9. The van der Waals surface area contributed by atoms with E-state index in [0.29, 0.717) is 28.8 Å². The summed E-state index contributed by atoms with van der Waals surface area (Å²) >= 11 is 13.9. The molecule has 1 fully saturated rings. The first kappa shape index (κ1) is 27.9. The zero-order valence-corrected chi connectivity index (χ0v) is 23.2. The van der Waals surface area contributed by atoms with Crippen LogP contribution in [0.25, 0.3) is 0 Å². The van der Waals surface area contributed by atoms with Crippen LogP contribution in [0.1, 0.15) is 67.7 Å². The van der Waals surface area contributed by atoms with Gasteiger partial charge in [-0.3, -0.25) is 9.59 Å². The fourth-order valence-electron chi connectivity index (χ4n) is 4.79. The molecule has 2 aromatic carbocycles. The Hall–Kier alpha value is -1.69. The van der Waals surface area contributed by atoms with Crippen molar-refractivity contribution in [1.82, 2.24) is 10.2 Å².